The Morgan fingerprint density at radius 3 is 2.38 bits per heavy atom. The van der Waals surface area contributed by atoms with Gasteiger partial charge in [0.1, 0.15) is 5.82 Å². The van der Waals surface area contributed by atoms with Gasteiger partial charge >= 0.3 is 5.97 Å². The van der Waals surface area contributed by atoms with Gasteiger partial charge in [-0.2, -0.15) is 0 Å². The number of nitrogens with two attached hydrogens (primary N) is 1. The highest BCUT2D eigenvalue weighted by Crippen LogP contribution is 2.16. The number of amides is 1. The maximum Gasteiger partial charge on any atom is 0.330 e. The molecule has 5 nitrogen and oxygen atoms in total. The largest absolute Gasteiger partial charge is 0.479 e. The number of carboxylic acid groups (broad SMARTS) is 1. The summed E-state index contributed by atoms with van der Waals surface area (Å²) in [6, 6.07) is 10.5. The van der Waals surface area contributed by atoms with Crippen LogP contribution >= 0.6 is 0 Å². The second-order valence-corrected chi connectivity index (χ2v) is 4.39. The first-order valence-electron chi connectivity index (χ1n) is 6.12. The van der Waals surface area contributed by atoms with Gasteiger partial charge in [-0.1, -0.05) is 30.3 Å². The molecule has 0 bridgehead atoms. The Labute approximate surface area is 120 Å². The van der Waals surface area contributed by atoms with Crippen LogP contribution in [0.2, 0.25) is 0 Å². The van der Waals surface area contributed by atoms with Gasteiger partial charge in [0, 0.05) is 5.69 Å². The molecule has 0 aliphatic rings. The number of hydrogen-bond donors (Lipinski definition) is 3. The van der Waals surface area contributed by atoms with Gasteiger partial charge in [-0.15, -0.1) is 0 Å². The first-order chi connectivity index (χ1) is 9.99. The zero-order chi connectivity index (χ0) is 15.4. The van der Waals surface area contributed by atoms with E-state index in [-0.39, 0.29) is 11.3 Å². The molecule has 0 aromatic heterocycles. The average Bonchev–Trinajstić information content (AvgIpc) is 2.45. The quantitative estimate of drug-likeness (QED) is 0.750. The number of carbonyl (C=O) groups is 2. The van der Waals surface area contributed by atoms with E-state index in [2.05, 4.69) is 5.32 Å². The van der Waals surface area contributed by atoms with Gasteiger partial charge in [0.2, 0.25) is 0 Å². The fourth-order valence-electron chi connectivity index (χ4n) is 1.86. The number of rotatable bonds is 4. The number of carboxylic acids is 1. The van der Waals surface area contributed by atoms with Gasteiger partial charge in [-0.05, 0) is 23.8 Å². The third-order valence-corrected chi connectivity index (χ3v) is 2.89. The number of nitrogens with one attached hydrogen (secondary N) is 1. The minimum absolute atomic E-state index is 0.182. The van der Waals surface area contributed by atoms with Crippen molar-refractivity contribution in [1.82, 2.24) is 5.32 Å². The molecule has 0 radical (unpaired) electrons. The lowest BCUT2D eigenvalue weighted by Crippen LogP contribution is -2.34. The van der Waals surface area contributed by atoms with Gasteiger partial charge in [0.25, 0.3) is 5.91 Å². The molecule has 0 aliphatic carbocycles. The van der Waals surface area contributed by atoms with Crippen molar-refractivity contribution in [3.8, 4) is 0 Å². The Kier molecular flexibility index (Phi) is 4.18. The van der Waals surface area contributed by atoms with Crippen molar-refractivity contribution in [3.63, 3.8) is 0 Å². The summed E-state index contributed by atoms with van der Waals surface area (Å²) >= 11 is 0. The maximum atomic E-state index is 13.7. The van der Waals surface area contributed by atoms with E-state index in [9.17, 15) is 19.1 Å². The highest BCUT2D eigenvalue weighted by atomic mass is 19.1. The normalized spacial score (nSPS) is 11.7. The van der Waals surface area contributed by atoms with Crippen molar-refractivity contribution in [2.24, 2.45) is 0 Å². The third-order valence-electron chi connectivity index (χ3n) is 2.89. The van der Waals surface area contributed by atoms with E-state index in [4.69, 9.17) is 5.73 Å². The molecule has 2 rings (SSSR count). The molecule has 0 aliphatic heterocycles. The molecule has 2 aromatic carbocycles. The monoisotopic (exact) mass is 288 g/mol. The topological polar surface area (TPSA) is 92.4 Å². The van der Waals surface area contributed by atoms with E-state index in [1.54, 1.807) is 30.3 Å². The summed E-state index contributed by atoms with van der Waals surface area (Å²) in [6.07, 6.45) is 0. The number of halogens is 1. The molecule has 0 heterocycles. The van der Waals surface area contributed by atoms with E-state index < -0.39 is 23.7 Å². The molecular formula is C15H13FN2O3. The molecule has 0 unspecified atom stereocenters. The Morgan fingerprint density at radius 1 is 1.14 bits per heavy atom. The van der Waals surface area contributed by atoms with E-state index in [1.165, 1.54) is 12.1 Å². The number of nitrogen functional groups attached to an aromatic ring is 1. The first-order valence-corrected chi connectivity index (χ1v) is 6.12. The van der Waals surface area contributed by atoms with Crippen LogP contribution in [0, 0.1) is 5.82 Å². The van der Waals surface area contributed by atoms with Crippen molar-refractivity contribution in [3.05, 3.63) is 65.5 Å². The van der Waals surface area contributed by atoms with Crippen molar-refractivity contribution in [2.75, 3.05) is 5.73 Å². The highest BCUT2D eigenvalue weighted by Gasteiger charge is 2.23. The number of carbonyl (C=O) groups excluding carboxylic acids is 1. The summed E-state index contributed by atoms with van der Waals surface area (Å²) in [4.78, 5) is 23.3. The maximum absolute atomic E-state index is 13.7. The summed E-state index contributed by atoms with van der Waals surface area (Å²) in [7, 11) is 0. The molecule has 21 heavy (non-hydrogen) atoms. The van der Waals surface area contributed by atoms with Gasteiger partial charge in [0.15, 0.2) is 6.04 Å². The van der Waals surface area contributed by atoms with E-state index >= 15 is 0 Å². The van der Waals surface area contributed by atoms with Crippen LogP contribution < -0.4 is 11.1 Å². The Hall–Kier alpha value is -2.89. The Bertz CT molecular complexity index is 674. The van der Waals surface area contributed by atoms with Crippen LogP contribution in [-0.2, 0) is 4.79 Å². The van der Waals surface area contributed by atoms with Gasteiger partial charge in [0.05, 0.1) is 5.56 Å². The van der Waals surface area contributed by atoms with Gasteiger partial charge < -0.3 is 16.2 Å². The summed E-state index contributed by atoms with van der Waals surface area (Å²) in [5.41, 5.74) is 5.72. The average molecular weight is 288 g/mol. The van der Waals surface area contributed by atoms with Crippen molar-refractivity contribution in [1.29, 1.82) is 0 Å². The van der Waals surface area contributed by atoms with Gasteiger partial charge in [-0.3, -0.25) is 4.79 Å². The van der Waals surface area contributed by atoms with E-state index in [0.717, 1.165) is 6.07 Å². The number of benzene rings is 2. The van der Waals surface area contributed by atoms with Crippen LogP contribution in [0.5, 0.6) is 0 Å². The molecule has 4 N–H and O–H groups in total. The Balaban J connectivity index is 2.25. The SMILES string of the molecule is Nc1ccc(C(=O)N[C@@H](C(=O)O)c2ccccc2)c(F)c1. The minimum Gasteiger partial charge on any atom is -0.479 e. The summed E-state index contributed by atoms with van der Waals surface area (Å²) in [5.74, 6) is -2.85. The molecule has 2 aromatic rings. The molecule has 0 saturated carbocycles. The second kappa shape index (κ2) is 6.04. The zero-order valence-corrected chi connectivity index (χ0v) is 10.9. The van der Waals surface area contributed by atoms with Crippen LogP contribution in [-0.4, -0.2) is 17.0 Å². The molecule has 0 saturated heterocycles. The fraction of sp³-hybridized carbons (Fsp3) is 0.0667. The lowest BCUT2D eigenvalue weighted by molar-refractivity contribution is -0.139. The zero-order valence-electron chi connectivity index (χ0n) is 10.9. The van der Waals surface area contributed by atoms with Crippen molar-refractivity contribution >= 4 is 17.6 Å². The molecule has 0 spiro atoms. The van der Waals surface area contributed by atoms with Crippen molar-refractivity contribution < 1.29 is 19.1 Å². The van der Waals surface area contributed by atoms with E-state index in [0.29, 0.717) is 5.56 Å². The number of aliphatic carboxylic acids is 1. The predicted molar refractivity (Wildman–Crippen MR) is 75.1 cm³/mol. The lowest BCUT2D eigenvalue weighted by Gasteiger charge is -2.15. The highest BCUT2D eigenvalue weighted by molar-refractivity contribution is 5.97. The van der Waals surface area contributed by atoms with Crippen LogP contribution in [0.1, 0.15) is 22.0 Å². The minimum atomic E-state index is -1.25. The summed E-state index contributed by atoms with van der Waals surface area (Å²) < 4.78 is 13.7. The van der Waals surface area contributed by atoms with Gasteiger partial charge in [-0.25, -0.2) is 9.18 Å². The molecule has 0 fully saturated rings. The van der Waals surface area contributed by atoms with Crippen LogP contribution in [0.15, 0.2) is 48.5 Å². The summed E-state index contributed by atoms with van der Waals surface area (Å²) in [5, 5.41) is 11.5. The molecule has 1 atom stereocenters. The van der Waals surface area contributed by atoms with Crippen LogP contribution in [0.25, 0.3) is 0 Å². The smallest absolute Gasteiger partial charge is 0.330 e. The first kappa shape index (κ1) is 14.5. The molecular weight excluding hydrogens is 275 g/mol. The molecule has 108 valence electrons. The van der Waals surface area contributed by atoms with Crippen molar-refractivity contribution in [2.45, 2.75) is 6.04 Å². The molecule has 6 heteroatoms. The summed E-state index contributed by atoms with van der Waals surface area (Å²) in [6.45, 7) is 0. The standard InChI is InChI=1S/C15H13FN2O3/c16-12-8-10(17)6-7-11(12)14(19)18-13(15(20)21)9-4-2-1-3-5-9/h1-8,13H,17H2,(H,18,19)(H,20,21)/t13-/m1/s1. The van der Waals surface area contributed by atoms with Crippen LogP contribution in [0.3, 0.4) is 0 Å². The number of anilines is 1. The fourth-order valence-corrected chi connectivity index (χ4v) is 1.86. The Morgan fingerprint density at radius 2 is 1.81 bits per heavy atom. The molecule has 1 amide bonds. The predicted octanol–water partition coefficient (Wildman–Crippen LogP) is 1.96. The van der Waals surface area contributed by atoms with Crippen LogP contribution in [0.4, 0.5) is 10.1 Å². The number of hydrogen-bond acceptors (Lipinski definition) is 3. The second-order valence-electron chi connectivity index (χ2n) is 4.39. The van der Waals surface area contributed by atoms with E-state index in [1.807, 2.05) is 0 Å². The third kappa shape index (κ3) is 3.36. The lowest BCUT2D eigenvalue weighted by atomic mass is 10.1.